The highest BCUT2D eigenvalue weighted by molar-refractivity contribution is 7.46. The lowest BCUT2D eigenvalue weighted by molar-refractivity contribution is -0.173. The molecule has 0 aliphatic carbocycles. The first kappa shape index (κ1) is 37.6. The molecule has 1 heterocycles. The number of para-hydroxylation sites is 1. The molecule has 0 aliphatic rings. The lowest BCUT2D eigenvalue weighted by Gasteiger charge is -2.24. The smallest absolute Gasteiger partial charge is 0.329 e. The molecule has 1 aromatic heterocycles. The number of carbonyl (C=O) groups is 2. The van der Waals surface area contributed by atoms with E-state index >= 15 is 0 Å². The van der Waals surface area contributed by atoms with Crippen LogP contribution in [0, 0.1) is 5.92 Å². The number of ether oxygens (including phenoxy) is 1. The molecule has 1 unspecified atom stereocenters. The zero-order valence-electron chi connectivity index (χ0n) is 30.2. The topological polar surface area (TPSA) is 116 Å². The van der Waals surface area contributed by atoms with Crippen molar-refractivity contribution in [3.05, 3.63) is 156 Å². The van der Waals surface area contributed by atoms with E-state index in [0.717, 1.165) is 43.9 Å². The van der Waals surface area contributed by atoms with Crippen molar-refractivity contribution in [1.82, 2.24) is 15.6 Å². The zero-order chi connectivity index (χ0) is 37.0. The van der Waals surface area contributed by atoms with Crippen molar-refractivity contribution in [2.24, 2.45) is 5.92 Å². The van der Waals surface area contributed by atoms with Crippen LogP contribution in [0.3, 0.4) is 0 Å². The van der Waals surface area contributed by atoms with Gasteiger partial charge in [0, 0.05) is 29.9 Å². The number of H-pyrrole nitrogens is 1. The van der Waals surface area contributed by atoms with Gasteiger partial charge in [0.2, 0.25) is 13.9 Å². The standard InChI is InChI=1S/C44H46N3O5P/c1-31(2)26-40(43(48)47-41(44(49)51-29-32-14-5-3-6-15-32)27-36-28-45-39-23-12-11-22-38(36)39)46-42(53(50)52-30-33-16-7-4-8-17-33)25-24-35-20-13-19-34-18-9-10-21-37(34)35/h3-23,28,31,40-41,45-46H,24-27,29-30H2,1-2H3,(H,47,48)/t40-,41-/m0/s1. The quantitative estimate of drug-likeness (QED) is 0.0654. The number of hydrogen-bond donors (Lipinski definition) is 3. The van der Waals surface area contributed by atoms with Gasteiger partial charge in [0.05, 0.1) is 6.04 Å². The minimum atomic E-state index is -2.33. The molecule has 0 spiro atoms. The fraction of sp³-hybridized carbons (Fsp3) is 0.250. The Hall–Kier alpha value is -5.11. The molecule has 0 fully saturated rings. The second-order valence-corrected chi connectivity index (χ2v) is 15.0. The summed E-state index contributed by atoms with van der Waals surface area (Å²) in [5.41, 5.74) is 5.13. The van der Waals surface area contributed by atoms with Gasteiger partial charge in [0.25, 0.3) is 0 Å². The van der Waals surface area contributed by atoms with Gasteiger partial charge in [-0.15, -0.1) is 0 Å². The highest BCUT2D eigenvalue weighted by Gasteiger charge is 2.30. The number of amides is 1. The van der Waals surface area contributed by atoms with Crippen LogP contribution >= 0.6 is 8.00 Å². The average molecular weight is 728 g/mol. The summed E-state index contributed by atoms with van der Waals surface area (Å²) < 4.78 is 11.7. The van der Waals surface area contributed by atoms with E-state index in [1.165, 1.54) is 0 Å². The molecule has 9 heteroatoms. The molecule has 8 nitrogen and oxygen atoms in total. The van der Waals surface area contributed by atoms with Crippen molar-refractivity contribution in [3.63, 3.8) is 0 Å². The summed E-state index contributed by atoms with van der Waals surface area (Å²) in [7, 11) is -2.33. The molecule has 0 bridgehead atoms. The van der Waals surface area contributed by atoms with Gasteiger partial charge < -0.3 is 19.9 Å². The molecule has 3 atom stereocenters. The number of hydrogen-bond acceptors (Lipinski definition) is 5. The third kappa shape index (κ3) is 10.5. The first-order chi connectivity index (χ1) is 25.8. The minimum absolute atomic E-state index is 0.0823. The van der Waals surface area contributed by atoms with Crippen LogP contribution < -0.4 is 15.5 Å². The minimum Gasteiger partial charge on any atom is -0.602 e. The van der Waals surface area contributed by atoms with Crippen molar-refractivity contribution >= 4 is 47.0 Å². The van der Waals surface area contributed by atoms with Crippen LogP contribution in [0.1, 0.15) is 48.9 Å². The average Bonchev–Trinajstić information content (AvgIpc) is 3.60. The van der Waals surface area contributed by atoms with Crippen LogP contribution in [0.5, 0.6) is 0 Å². The molecular weight excluding hydrogens is 681 g/mol. The summed E-state index contributed by atoms with van der Waals surface area (Å²) in [6, 6.07) is 39.5. The number of fused-ring (bicyclic) bond motifs is 2. The number of benzene rings is 5. The molecule has 3 N–H and O–H groups in total. The maximum absolute atomic E-state index is 14.3. The van der Waals surface area contributed by atoms with Gasteiger partial charge in [-0.2, -0.15) is 4.52 Å². The summed E-state index contributed by atoms with van der Waals surface area (Å²) in [4.78, 5) is 45.3. The van der Waals surface area contributed by atoms with Gasteiger partial charge in [-0.3, -0.25) is 4.79 Å². The van der Waals surface area contributed by atoms with E-state index < -0.39 is 26.1 Å². The molecule has 5 aromatic carbocycles. The maximum atomic E-state index is 14.3. The van der Waals surface area contributed by atoms with Crippen molar-refractivity contribution < 1.29 is 23.7 Å². The number of carbonyl (C=O) groups excluding carboxylic acids is 2. The van der Waals surface area contributed by atoms with E-state index in [1.807, 2.05) is 123 Å². The fourth-order valence-electron chi connectivity index (χ4n) is 6.48. The van der Waals surface area contributed by atoms with Crippen molar-refractivity contribution in [2.45, 2.75) is 64.8 Å². The van der Waals surface area contributed by atoms with E-state index in [2.05, 4.69) is 39.9 Å². The van der Waals surface area contributed by atoms with E-state index in [4.69, 9.17) is 9.26 Å². The lowest BCUT2D eigenvalue weighted by Crippen LogP contribution is -2.53. The summed E-state index contributed by atoms with van der Waals surface area (Å²) >= 11 is 0. The number of aryl methyl sites for hydroxylation is 1. The Kier molecular flexibility index (Phi) is 13.2. The molecule has 0 aliphatic heterocycles. The Morgan fingerprint density at radius 2 is 1.36 bits per heavy atom. The largest absolute Gasteiger partial charge is 0.602 e. The summed E-state index contributed by atoms with van der Waals surface area (Å²) in [6.07, 6.45) is 3.50. The van der Waals surface area contributed by atoms with Crippen LogP contribution in [0.25, 0.3) is 21.7 Å². The van der Waals surface area contributed by atoms with Crippen LogP contribution in [0.2, 0.25) is 0 Å². The number of rotatable bonds is 17. The van der Waals surface area contributed by atoms with E-state index in [1.54, 1.807) is 0 Å². The van der Waals surface area contributed by atoms with Crippen LogP contribution in [-0.4, -0.2) is 34.4 Å². The Morgan fingerprint density at radius 1 is 0.717 bits per heavy atom. The lowest BCUT2D eigenvalue weighted by atomic mass is 9.99. The number of aromatic amines is 1. The van der Waals surface area contributed by atoms with E-state index in [0.29, 0.717) is 24.7 Å². The van der Waals surface area contributed by atoms with Crippen LogP contribution in [0.4, 0.5) is 0 Å². The molecule has 0 saturated heterocycles. The third-order valence-electron chi connectivity index (χ3n) is 9.21. The third-order valence-corrected chi connectivity index (χ3v) is 10.4. The van der Waals surface area contributed by atoms with Gasteiger partial charge in [-0.1, -0.05) is 135 Å². The first-order valence-electron chi connectivity index (χ1n) is 18.1. The Morgan fingerprint density at radius 3 is 2.09 bits per heavy atom. The highest BCUT2D eigenvalue weighted by atomic mass is 31.1. The number of nitrogens with one attached hydrogen (secondary N) is 3. The second kappa shape index (κ2) is 18.6. The molecule has 0 radical (unpaired) electrons. The van der Waals surface area contributed by atoms with Gasteiger partial charge in [0.1, 0.15) is 19.3 Å². The normalized spacial score (nSPS) is 13.1. The summed E-state index contributed by atoms with van der Waals surface area (Å²) in [5.74, 6) is -0.805. The van der Waals surface area contributed by atoms with Gasteiger partial charge >= 0.3 is 5.97 Å². The maximum Gasteiger partial charge on any atom is 0.329 e. The predicted octanol–water partition coefficient (Wildman–Crippen LogP) is 7.75. The Labute approximate surface area is 312 Å². The predicted molar refractivity (Wildman–Crippen MR) is 212 cm³/mol. The summed E-state index contributed by atoms with van der Waals surface area (Å²) in [6.45, 7) is 4.30. The molecule has 53 heavy (non-hydrogen) atoms. The zero-order valence-corrected chi connectivity index (χ0v) is 31.1. The number of aromatic nitrogens is 1. The van der Waals surface area contributed by atoms with Crippen molar-refractivity contribution in [1.29, 1.82) is 0 Å². The molecule has 6 aromatic rings. The van der Waals surface area contributed by atoms with Crippen LogP contribution in [0.15, 0.2) is 134 Å². The first-order valence-corrected chi connectivity index (χ1v) is 19.3. The molecule has 272 valence electrons. The molecule has 0 saturated carbocycles. The van der Waals surface area contributed by atoms with Crippen molar-refractivity contribution in [2.75, 3.05) is 0 Å². The van der Waals surface area contributed by atoms with Gasteiger partial charge in [-0.25, -0.2) is 10.1 Å². The monoisotopic (exact) mass is 727 g/mol. The Bertz CT molecular complexity index is 2140. The number of esters is 1. The highest BCUT2D eigenvalue weighted by Crippen LogP contribution is 2.25. The van der Waals surface area contributed by atoms with Gasteiger partial charge in [0.15, 0.2) is 5.42 Å². The molecular formula is C44H46N3O5P. The second-order valence-electron chi connectivity index (χ2n) is 13.6. The van der Waals surface area contributed by atoms with E-state index in [-0.39, 0.29) is 31.5 Å². The van der Waals surface area contributed by atoms with Crippen LogP contribution in [-0.2, 0) is 44.9 Å². The Balaban J connectivity index is 1.25. The fourth-order valence-corrected chi connectivity index (χ4v) is 7.46. The van der Waals surface area contributed by atoms with Gasteiger partial charge in [-0.05, 0) is 57.9 Å². The van der Waals surface area contributed by atoms with E-state index in [9.17, 15) is 14.5 Å². The van der Waals surface area contributed by atoms with Crippen molar-refractivity contribution in [3.8, 4) is 0 Å². The summed E-state index contributed by atoms with van der Waals surface area (Å²) in [5, 5.41) is 9.61. The molecule has 1 amide bonds. The SMILES string of the molecule is CC(C)C[C@H](N/C(CCc1cccc2ccccc12)=[P+](\[O-])OCc1ccccc1)C(=O)N[C@@H](Cc1c[nH]c2ccccc12)C(=O)OCc1ccccc1. The molecule has 6 rings (SSSR count).